The topological polar surface area (TPSA) is 0 Å². The summed E-state index contributed by atoms with van der Waals surface area (Å²) >= 11 is 0. The second-order valence-electron chi connectivity index (χ2n) is 7.41. The van der Waals surface area contributed by atoms with E-state index in [9.17, 15) is 8.78 Å². The third-order valence-electron chi connectivity index (χ3n) is 5.72. The summed E-state index contributed by atoms with van der Waals surface area (Å²) in [7, 11) is 0. The molecule has 1 fully saturated rings. The van der Waals surface area contributed by atoms with E-state index in [4.69, 9.17) is 0 Å². The van der Waals surface area contributed by atoms with Gasteiger partial charge in [-0.3, -0.25) is 0 Å². The molecule has 24 heavy (non-hydrogen) atoms. The largest absolute Gasteiger partial charge is 0.204 e. The summed E-state index contributed by atoms with van der Waals surface area (Å²) in [5.74, 6) is -0.0202. The molecule has 0 N–H and O–H groups in total. The molecule has 3 rings (SSSR count). The normalized spacial score (nSPS) is 21.3. The summed E-state index contributed by atoms with van der Waals surface area (Å²) in [5, 5.41) is 1.21. The first-order chi connectivity index (χ1) is 11.7. The first-order valence-electron chi connectivity index (χ1n) is 9.56. The van der Waals surface area contributed by atoms with Gasteiger partial charge in [0, 0.05) is 5.39 Å². The molecule has 0 spiro atoms. The Hall–Kier alpha value is -1.44. The molecule has 0 unspecified atom stereocenters. The van der Waals surface area contributed by atoms with Crippen molar-refractivity contribution in [2.45, 2.75) is 70.6 Å². The monoisotopic (exact) mass is 330 g/mol. The second-order valence-corrected chi connectivity index (χ2v) is 7.41. The van der Waals surface area contributed by atoms with Crippen LogP contribution in [-0.4, -0.2) is 0 Å². The van der Waals surface area contributed by atoms with Crippen molar-refractivity contribution >= 4 is 10.8 Å². The molecule has 2 aromatic rings. The van der Waals surface area contributed by atoms with Crippen LogP contribution >= 0.6 is 0 Å². The fraction of sp³-hybridized carbons (Fsp3) is 0.545. The van der Waals surface area contributed by atoms with Crippen LogP contribution in [0, 0.1) is 17.6 Å². The lowest BCUT2D eigenvalue weighted by Gasteiger charge is -2.29. The molecule has 1 aliphatic carbocycles. The zero-order valence-corrected chi connectivity index (χ0v) is 14.7. The van der Waals surface area contributed by atoms with Crippen molar-refractivity contribution in [2.75, 3.05) is 0 Å². The molecule has 1 saturated carbocycles. The molecule has 0 saturated heterocycles. The maximum absolute atomic E-state index is 13.8. The number of halogens is 2. The van der Waals surface area contributed by atoms with Crippen molar-refractivity contribution in [3.63, 3.8) is 0 Å². The maximum Gasteiger partial charge on any atom is 0.166 e. The Morgan fingerprint density at radius 2 is 1.71 bits per heavy atom. The Bertz CT molecular complexity index is 669. The van der Waals surface area contributed by atoms with E-state index in [1.807, 2.05) is 6.07 Å². The molecule has 0 amide bonds. The van der Waals surface area contributed by atoms with Crippen molar-refractivity contribution in [3.05, 3.63) is 47.5 Å². The van der Waals surface area contributed by atoms with Gasteiger partial charge in [0.25, 0.3) is 0 Å². The number of benzene rings is 2. The molecule has 0 radical (unpaired) electrons. The third kappa shape index (κ3) is 3.96. The third-order valence-corrected chi connectivity index (χ3v) is 5.72. The lowest BCUT2D eigenvalue weighted by atomic mass is 9.77. The fourth-order valence-corrected chi connectivity index (χ4v) is 4.18. The smallest absolute Gasteiger partial charge is 0.166 e. The number of hydrogen-bond donors (Lipinski definition) is 0. The minimum atomic E-state index is -0.765. The van der Waals surface area contributed by atoms with Gasteiger partial charge in [-0.1, -0.05) is 63.3 Å². The van der Waals surface area contributed by atoms with Crippen LogP contribution < -0.4 is 0 Å². The van der Waals surface area contributed by atoms with Crippen molar-refractivity contribution in [2.24, 2.45) is 5.92 Å². The number of hydrogen-bond acceptors (Lipinski definition) is 0. The molecule has 2 aromatic carbocycles. The SMILES string of the molecule is CCCCCCC1CCC(c2ccc3c(F)c(F)ccc3c2)CC1. The van der Waals surface area contributed by atoms with Crippen molar-refractivity contribution in [1.29, 1.82) is 0 Å². The number of rotatable bonds is 6. The average molecular weight is 330 g/mol. The van der Waals surface area contributed by atoms with Gasteiger partial charge in [0.05, 0.1) is 0 Å². The molecule has 0 atom stereocenters. The van der Waals surface area contributed by atoms with Gasteiger partial charge in [0.15, 0.2) is 11.6 Å². The van der Waals surface area contributed by atoms with E-state index in [-0.39, 0.29) is 0 Å². The molecule has 2 heteroatoms. The predicted molar refractivity (Wildman–Crippen MR) is 97.3 cm³/mol. The van der Waals surface area contributed by atoms with E-state index >= 15 is 0 Å². The lowest BCUT2D eigenvalue weighted by Crippen LogP contribution is -2.13. The summed E-state index contributed by atoms with van der Waals surface area (Å²) in [6, 6.07) is 8.73. The van der Waals surface area contributed by atoms with E-state index in [0.29, 0.717) is 11.3 Å². The summed E-state index contributed by atoms with van der Waals surface area (Å²) in [5.41, 5.74) is 1.29. The van der Waals surface area contributed by atoms with Gasteiger partial charge >= 0.3 is 0 Å². The molecule has 0 nitrogen and oxygen atoms in total. The highest BCUT2D eigenvalue weighted by atomic mass is 19.2. The molecule has 0 aromatic heterocycles. The summed E-state index contributed by atoms with van der Waals surface area (Å²) in [6.45, 7) is 2.26. The van der Waals surface area contributed by atoms with Gasteiger partial charge < -0.3 is 0 Å². The zero-order chi connectivity index (χ0) is 16.9. The van der Waals surface area contributed by atoms with Crippen molar-refractivity contribution in [1.82, 2.24) is 0 Å². The van der Waals surface area contributed by atoms with Crippen molar-refractivity contribution < 1.29 is 8.78 Å². The van der Waals surface area contributed by atoms with E-state index in [0.717, 1.165) is 11.3 Å². The van der Waals surface area contributed by atoms with Gasteiger partial charge in [-0.25, -0.2) is 8.78 Å². The number of unbranched alkanes of at least 4 members (excludes halogenated alkanes) is 3. The van der Waals surface area contributed by atoms with Crippen LogP contribution in [0.4, 0.5) is 8.78 Å². The summed E-state index contributed by atoms with van der Waals surface area (Å²) in [6.07, 6.45) is 11.9. The standard InChI is InChI=1S/C22H28F2/c1-2-3-4-5-6-16-7-9-17(10-8-16)18-11-13-20-19(15-18)12-14-21(23)22(20)24/h11-17H,2-10H2,1H3. The van der Waals surface area contributed by atoms with Crippen LogP contribution in [-0.2, 0) is 0 Å². The Labute approximate surface area is 144 Å². The Kier molecular flexibility index (Phi) is 5.86. The van der Waals surface area contributed by atoms with Crippen LogP contribution in [0.5, 0.6) is 0 Å². The molecular weight excluding hydrogens is 302 g/mol. The number of fused-ring (bicyclic) bond motifs is 1. The van der Waals surface area contributed by atoms with E-state index in [2.05, 4.69) is 13.0 Å². The molecule has 130 valence electrons. The average Bonchev–Trinajstić information content (AvgIpc) is 2.62. The summed E-state index contributed by atoms with van der Waals surface area (Å²) in [4.78, 5) is 0. The fourth-order valence-electron chi connectivity index (χ4n) is 4.18. The van der Waals surface area contributed by atoms with Gasteiger partial charge in [0.2, 0.25) is 0 Å². The van der Waals surface area contributed by atoms with Crippen LogP contribution in [0.15, 0.2) is 30.3 Å². The Morgan fingerprint density at radius 3 is 2.46 bits per heavy atom. The maximum atomic E-state index is 13.8. The quantitative estimate of drug-likeness (QED) is 0.485. The van der Waals surface area contributed by atoms with Crippen LogP contribution in [0.1, 0.15) is 76.2 Å². The minimum absolute atomic E-state index is 0.392. The van der Waals surface area contributed by atoms with Gasteiger partial charge in [-0.05, 0) is 54.5 Å². The van der Waals surface area contributed by atoms with Crippen LogP contribution in [0.2, 0.25) is 0 Å². The van der Waals surface area contributed by atoms with E-state index in [1.165, 1.54) is 69.4 Å². The summed E-state index contributed by atoms with van der Waals surface area (Å²) < 4.78 is 27.1. The first kappa shape index (κ1) is 17.4. The Balaban J connectivity index is 1.60. The van der Waals surface area contributed by atoms with Crippen LogP contribution in [0.25, 0.3) is 10.8 Å². The van der Waals surface area contributed by atoms with Gasteiger partial charge in [-0.15, -0.1) is 0 Å². The molecule has 0 aliphatic heterocycles. The highest BCUT2D eigenvalue weighted by Crippen LogP contribution is 2.38. The molecule has 0 bridgehead atoms. The predicted octanol–water partition coefficient (Wildman–Crippen LogP) is 7.36. The molecule has 1 aliphatic rings. The van der Waals surface area contributed by atoms with E-state index < -0.39 is 11.6 Å². The Morgan fingerprint density at radius 1 is 0.917 bits per heavy atom. The van der Waals surface area contributed by atoms with Crippen molar-refractivity contribution in [3.8, 4) is 0 Å². The highest BCUT2D eigenvalue weighted by molar-refractivity contribution is 5.84. The molecular formula is C22H28F2. The van der Waals surface area contributed by atoms with Gasteiger partial charge in [0.1, 0.15) is 0 Å². The lowest BCUT2D eigenvalue weighted by molar-refractivity contribution is 0.302. The first-order valence-corrected chi connectivity index (χ1v) is 9.56. The van der Waals surface area contributed by atoms with Crippen LogP contribution in [0.3, 0.4) is 0 Å². The zero-order valence-electron chi connectivity index (χ0n) is 14.7. The molecule has 0 heterocycles. The van der Waals surface area contributed by atoms with E-state index in [1.54, 1.807) is 12.1 Å². The minimum Gasteiger partial charge on any atom is -0.204 e. The second kappa shape index (κ2) is 8.09. The highest BCUT2D eigenvalue weighted by Gasteiger charge is 2.22. The van der Waals surface area contributed by atoms with Gasteiger partial charge in [-0.2, -0.15) is 0 Å².